The van der Waals surface area contributed by atoms with E-state index in [0.29, 0.717) is 30.5 Å². The zero-order valence-corrected chi connectivity index (χ0v) is 28.9. The molecule has 0 fully saturated rings. The number of benzene rings is 3. The van der Waals surface area contributed by atoms with Crippen LogP contribution in [-0.4, -0.2) is 73.8 Å². The molecule has 0 bridgehead atoms. The van der Waals surface area contributed by atoms with Gasteiger partial charge in [0.1, 0.15) is 6.04 Å². The summed E-state index contributed by atoms with van der Waals surface area (Å²) in [6.07, 6.45) is 2.93. The summed E-state index contributed by atoms with van der Waals surface area (Å²) < 4.78 is 57.4. The molecular formula is C33H42N6O8S2. The van der Waals surface area contributed by atoms with Crippen LogP contribution < -0.4 is 15.8 Å². The Morgan fingerprint density at radius 3 is 2.27 bits per heavy atom. The zero-order valence-electron chi connectivity index (χ0n) is 27.3. The summed E-state index contributed by atoms with van der Waals surface area (Å²) in [5, 5.41) is 24.9. The lowest BCUT2D eigenvalue weighted by molar-refractivity contribution is -0.384. The lowest BCUT2D eigenvalue weighted by Gasteiger charge is -2.31. The summed E-state index contributed by atoms with van der Waals surface area (Å²) in [7, 11) is -8.19. The summed E-state index contributed by atoms with van der Waals surface area (Å²) >= 11 is 0. The first-order valence-electron chi connectivity index (χ1n) is 15.8. The van der Waals surface area contributed by atoms with Gasteiger partial charge < -0.3 is 21.1 Å². The number of aliphatic hydroxyl groups excluding tert-OH is 1. The molecule has 6 N–H and O–H groups in total. The van der Waals surface area contributed by atoms with Crippen molar-refractivity contribution in [1.29, 1.82) is 0 Å². The Bertz CT molecular complexity index is 1950. The van der Waals surface area contributed by atoms with E-state index in [-0.39, 0.29) is 40.9 Å². The highest BCUT2D eigenvalue weighted by Gasteiger charge is 2.32. The van der Waals surface area contributed by atoms with E-state index in [9.17, 15) is 36.9 Å². The number of sulfonamides is 2. The van der Waals surface area contributed by atoms with Crippen molar-refractivity contribution in [1.82, 2.24) is 19.3 Å². The molecule has 1 amide bonds. The van der Waals surface area contributed by atoms with Crippen LogP contribution in [0.25, 0.3) is 10.9 Å². The predicted molar refractivity (Wildman–Crippen MR) is 187 cm³/mol. The first-order valence-corrected chi connectivity index (χ1v) is 18.7. The highest BCUT2D eigenvalue weighted by Crippen LogP contribution is 2.24. The molecular weight excluding hydrogens is 673 g/mol. The lowest BCUT2D eigenvalue weighted by Crippen LogP contribution is -2.48. The van der Waals surface area contributed by atoms with Crippen LogP contribution in [0.3, 0.4) is 0 Å². The topological polar surface area (TPSA) is 218 Å². The van der Waals surface area contributed by atoms with Gasteiger partial charge in [0.05, 0.1) is 21.3 Å². The third-order valence-electron chi connectivity index (χ3n) is 7.98. The fourth-order valence-electron chi connectivity index (χ4n) is 5.46. The number of nitrogens with two attached hydrogens (primary N) is 1. The van der Waals surface area contributed by atoms with Crippen LogP contribution in [0, 0.1) is 16.0 Å². The van der Waals surface area contributed by atoms with Gasteiger partial charge in [-0.1, -0.05) is 38.5 Å². The number of fused-ring (bicyclic) bond motifs is 1. The molecule has 0 aliphatic heterocycles. The molecule has 264 valence electrons. The van der Waals surface area contributed by atoms with Crippen molar-refractivity contribution < 1.29 is 31.7 Å². The Morgan fingerprint density at radius 1 is 0.980 bits per heavy atom. The number of aromatic amines is 1. The van der Waals surface area contributed by atoms with Crippen molar-refractivity contribution in [3.8, 4) is 0 Å². The van der Waals surface area contributed by atoms with Crippen LogP contribution in [0.4, 0.5) is 11.4 Å². The van der Waals surface area contributed by atoms with Crippen LogP contribution in [0.15, 0.2) is 88.8 Å². The minimum Gasteiger partial charge on any atom is -0.399 e. The number of amides is 1. The number of unbranched alkanes of at least 4 members (excludes halogenated alkanes) is 1. The van der Waals surface area contributed by atoms with Crippen LogP contribution in [0.5, 0.6) is 0 Å². The molecule has 0 aliphatic carbocycles. The quantitative estimate of drug-likeness (QED) is 0.0440. The Kier molecular flexibility index (Phi) is 12.5. The number of aliphatic hydroxyl groups is 1. The van der Waals surface area contributed by atoms with Crippen molar-refractivity contribution in [2.24, 2.45) is 5.92 Å². The smallest absolute Gasteiger partial charge is 0.269 e. The SMILES string of the molecule is CC(C)CN([C@H](CO)CCCCNC(=O)[C@H](Cc1c[nH]c2ccccc12)NS(=O)(=O)c1ccc([N+](=O)[O-])cc1)S(=O)(=O)c1ccc(N)cc1. The number of para-hydroxylation sites is 1. The number of non-ortho nitro benzene ring substituents is 1. The van der Waals surface area contributed by atoms with Crippen LogP contribution in [-0.2, 0) is 31.3 Å². The molecule has 0 radical (unpaired) electrons. The fourth-order valence-corrected chi connectivity index (χ4v) is 8.46. The number of hydrogen-bond acceptors (Lipinski definition) is 9. The Balaban J connectivity index is 1.44. The second-order valence-corrected chi connectivity index (χ2v) is 15.8. The van der Waals surface area contributed by atoms with Gasteiger partial charge in [-0.25, -0.2) is 16.8 Å². The van der Waals surface area contributed by atoms with E-state index < -0.39 is 49.6 Å². The van der Waals surface area contributed by atoms with Crippen molar-refractivity contribution in [3.63, 3.8) is 0 Å². The van der Waals surface area contributed by atoms with Crippen molar-refractivity contribution in [3.05, 3.63) is 94.7 Å². The van der Waals surface area contributed by atoms with Gasteiger partial charge in [0.2, 0.25) is 26.0 Å². The summed E-state index contributed by atoms with van der Waals surface area (Å²) in [5.74, 6) is -0.595. The molecule has 1 heterocycles. The van der Waals surface area contributed by atoms with E-state index in [0.717, 1.165) is 35.2 Å². The summed E-state index contributed by atoms with van der Waals surface area (Å²) in [6, 6.07) is 15.7. The van der Waals surface area contributed by atoms with Crippen molar-refractivity contribution in [2.45, 2.75) is 61.4 Å². The van der Waals surface area contributed by atoms with E-state index in [2.05, 4.69) is 15.0 Å². The number of anilines is 1. The van der Waals surface area contributed by atoms with Crippen molar-refractivity contribution >= 4 is 48.2 Å². The standard InChI is InChI=1S/C33H42N6O8S2/c1-23(2)21-38(49(46,47)29-14-10-25(34)11-15-29)27(22-40)7-5-6-18-35-33(41)32(19-24-20-36-31-9-4-3-8-30(24)31)37-48(44,45)28-16-12-26(13-17-28)39(42)43/h3-4,8-17,20,23,27,32,36-37,40H,5-7,18-19,21-22,34H2,1-2H3,(H,35,41)/t27-,32-/m0/s1. The number of nitro benzene ring substituents is 1. The zero-order chi connectivity index (χ0) is 35.8. The third kappa shape index (κ3) is 9.64. The molecule has 2 atom stereocenters. The molecule has 0 aliphatic rings. The monoisotopic (exact) mass is 714 g/mol. The molecule has 14 nitrogen and oxygen atoms in total. The minimum absolute atomic E-state index is 0.0132. The number of rotatable bonds is 18. The lowest BCUT2D eigenvalue weighted by atomic mass is 10.0. The number of nitrogen functional groups attached to an aromatic ring is 1. The van der Waals surface area contributed by atoms with Gasteiger partial charge >= 0.3 is 0 Å². The molecule has 0 unspecified atom stereocenters. The van der Waals surface area contributed by atoms with Crippen LogP contribution >= 0.6 is 0 Å². The molecule has 49 heavy (non-hydrogen) atoms. The molecule has 0 saturated heterocycles. The molecule has 0 spiro atoms. The third-order valence-corrected chi connectivity index (χ3v) is 11.4. The summed E-state index contributed by atoms with van der Waals surface area (Å²) in [5.41, 5.74) is 7.42. The molecule has 16 heteroatoms. The maximum atomic E-state index is 13.5. The second-order valence-electron chi connectivity index (χ2n) is 12.1. The van der Waals surface area contributed by atoms with Gasteiger partial charge in [-0.2, -0.15) is 9.03 Å². The summed E-state index contributed by atoms with van der Waals surface area (Å²) in [4.78, 5) is 26.8. The highest BCUT2D eigenvalue weighted by atomic mass is 32.2. The average Bonchev–Trinajstić information content (AvgIpc) is 3.47. The van der Waals surface area contributed by atoms with Crippen LogP contribution in [0.1, 0.15) is 38.7 Å². The van der Waals surface area contributed by atoms with Gasteiger partial charge in [-0.15, -0.1) is 0 Å². The number of hydrogen-bond donors (Lipinski definition) is 5. The first kappa shape index (κ1) is 37.5. The van der Waals surface area contributed by atoms with E-state index in [1.54, 1.807) is 6.20 Å². The molecule has 4 aromatic rings. The number of carbonyl (C=O) groups excluding carboxylic acids is 1. The van der Waals surface area contributed by atoms with E-state index in [1.807, 2.05) is 38.1 Å². The first-order chi connectivity index (χ1) is 23.2. The van der Waals surface area contributed by atoms with E-state index in [1.165, 1.54) is 28.6 Å². The normalized spacial score (nSPS) is 13.5. The van der Waals surface area contributed by atoms with Gasteiger partial charge in [-0.05, 0) is 73.2 Å². The highest BCUT2D eigenvalue weighted by molar-refractivity contribution is 7.89. The number of nitrogens with zero attached hydrogens (tertiary/aromatic N) is 2. The maximum Gasteiger partial charge on any atom is 0.269 e. The van der Waals surface area contributed by atoms with E-state index >= 15 is 0 Å². The number of carbonyl (C=O) groups is 1. The van der Waals surface area contributed by atoms with E-state index in [4.69, 9.17) is 5.73 Å². The van der Waals surface area contributed by atoms with Gasteiger partial charge in [0.15, 0.2) is 0 Å². The Morgan fingerprint density at radius 2 is 1.63 bits per heavy atom. The van der Waals surface area contributed by atoms with Gasteiger partial charge in [-0.3, -0.25) is 14.9 Å². The van der Waals surface area contributed by atoms with Gasteiger partial charge in [0, 0.05) is 54.1 Å². The maximum absolute atomic E-state index is 13.5. The summed E-state index contributed by atoms with van der Waals surface area (Å²) in [6.45, 7) is 3.73. The minimum atomic E-state index is -4.25. The average molecular weight is 715 g/mol. The number of nitro groups is 1. The van der Waals surface area contributed by atoms with Crippen molar-refractivity contribution in [2.75, 3.05) is 25.4 Å². The predicted octanol–water partition coefficient (Wildman–Crippen LogP) is 3.54. The molecule has 1 aromatic heterocycles. The Labute approximate surface area is 286 Å². The Hall–Kier alpha value is -4.35. The van der Waals surface area contributed by atoms with Gasteiger partial charge in [0.25, 0.3) is 5.69 Å². The number of H-pyrrole nitrogens is 1. The van der Waals surface area contributed by atoms with Crippen LogP contribution in [0.2, 0.25) is 0 Å². The number of nitrogens with one attached hydrogen (secondary N) is 3. The largest absolute Gasteiger partial charge is 0.399 e. The fraction of sp³-hybridized carbons (Fsp3) is 0.364. The molecule has 3 aromatic carbocycles. The molecule has 0 saturated carbocycles. The molecule has 4 rings (SSSR count). The second kappa shape index (κ2) is 16.4. The number of aromatic nitrogens is 1.